The standard InChI is InChI=1S/C19H14ClN5O2S/c20-13-6-4-12(5-7-13)18-24-17(27-25-18)9-8-16(26)23-19-22-15(11-28-19)14-3-1-2-10-21-14/h1-7,10-11H,8-9H2,(H,22,23,26). The molecular weight excluding hydrogens is 398 g/mol. The summed E-state index contributed by atoms with van der Waals surface area (Å²) in [4.78, 5) is 25.1. The van der Waals surface area contributed by atoms with Crippen LogP contribution in [0.5, 0.6) is 0 Å². The van der Waals surface area contributed by atoms with Crippen molar-refractivity contribution >= 4 is 34.0 Å². The molecule has 0 aliphatic rings. The van der Waals surface area contributed by atoms with Crippen LogP contribution in [0, 0.1) is 0 Å². The van der Waals surface area contributed by atoms with Crippen LogP contribution in [0.4, 0.5) is 5.13 Å². The van der Waals surface area contributed by atoms with Crippen molar-refractivity contribution in [2.45, 2.75) is 12.8 Å². The largest absolute Gasteiger partial charge is 0.339 e. The number of amides is 1. The number of anilines is 1. The molecule has 28 heavy (non-hydrogen) atoms. The Balaban J connectivity index is 1.33. The summed E-state index contributed by atoms with van der Waals surface area (Å²) >= 11 is 7.23. The molecule has 0 spiro atoms. The number of nitrogens with one attached hydrogen (secondary N) is 1. The second-order valence-corrected chi connectivity index (χ2v) is 7.11. The molecule has 3 aromatic heterocycles. The third-order valence-corrected chi connectivity index (χ3v) is 4.82. The van der Waals surface area contributed by atoms with Gasteiger partial charge in [-0.1, -0.05) is 22.8 Å². The summed E-state index contributed by atoms with van der Waals surface area (Å²) in [6, 6.07) is 12.7. The summed E-state index contributed by atoms with van der Waals surface area (Å²) in [5, 5.41) is 9.74. The lowest BCUT2D eigenvalue weighted by atomic mass is 10.2. The second kappa shape index (κ2) is 8.28. The number of carbonyl (C=O) groups is 1. The summed E-state index contributed by atoms with van der Waals surface area (Å²) < 4.78 is 5.22. The minimum absolute atomic E-state index is 0.173. The van der Waals surface area contributed by atoms with Gasteiger partial charge < -0.3 is 9.84 Å². The Morgan fingerprint density at radius 2 is 1.96 bits per heavy atom. The van der Waals surface area contributed by atoms with Crippen molar-refractivity contribution in [1.29, 1.82) is 0 Å². The smallest absolute Gasteiger partial charge is 0.227 e. The summed E-state index contributed by atoms with van der Waals surface area (Å²) in [6.45, 7) is 0. The first-order valence-electron chi connectivity index (χ1n) is 8.43. The minimum Gasteiger partial charge on any atom is -0.339 e. The van der Waals surface area contributed by atoms with Crippen LogP contribution in [0.1, 0.15) is 12.3 Å². The number of rotatable bonds is 6. The number of benzene rings is 1. The lowest BCUT2D eigenvalue weighted by Crippen LogP contribution is -2.12. The van der Waals surface area contributed by atoms with E-state index < -0.39 is 0 Å². The van der Waals surface area contributed by atoms with E-state index in [2.05, 4.69) is 25.4 Å². The molecule has 1 amide bonds. The molecule has 9 heteroatoms. The molecule has 0 saturated heterocycles. The zero-order valence-electron chi connectivity index (χ0n) is 14.5. The summed E-state index contributed by atoms with van der Waals surface area (Å²) in [5.74, 6) is 0.688. The quantitative estimate of drug-likeness (QED) is 0.502. The Hall–Kier alpha value is -3.10. The van der Waals surface area contributed by atoms with Gasteiger partial charge in [-0.25, -0.2) is 4.98 Å². The normalized spacial score (nSPS) is 10.8. The molecule has 1 N–H and O–H groups in total. The van der Waals surface area contributed by atoms with Crippen molar-refractivity contribution in [3.05, 3.63) is 65.0 Å². The molecule has 4 aromatic rings. The van der Waals surface area contributed by atoms with Gasteiger partial charge in [0, 0.05) is 35.0 Å². The predicted octanol–water partition coefficient (Wildman–Crippen LogP) is 4.48. The van der Waals surface area contributed by atoms with Crippen LogP contribution in [0.15, 0.2) is 58.6 Å². The Bertz CT molecular complexity index is 1080. The van der Waals surface area contributed by atoms with Gasteiger partial charge in [0.15, 0.2) is 5.13 Å². The van der Waals surface area contributed by atoms with E-state index in [0.717, 1.165) is 17.0 Å². The van der Waals surface area contributed by atoms with Crippen molar-refractivity contribution in [3.63, 3.8) is 0 Å². The molecule has 140 valence electrons. The fourth-order valence-corrected chi connectivity index (χ4v) is 3.28. The molecule has 0 radical (unpaired) electrons. The highest BCUT2D eigenvalue weighted by Crippen LogP contribution is 2.23. The summed E-state index contributed by atoms with van der Waals surface area (Å²) in [6.07, 6.45) is 2.25. The monoisotopic (exact) mass is 411 g/mol. The second-order valence-electron chi connectivity index (χ2n) is 5.82. The third-order valence-electron chi connectivity index (χ3n) is 3.81. The van der Waals surface area contributed by atoms with Crippen LogP contribution >= 0.6 is 22.9 Å². The Morgan fingerprint density at radius 3 is 2.75 bits per heavy atom. The number of nitrogens with zero attached hydrogens (tertiary/aromatic N) is 4. The van der Waals surface area contributed by atoms with E-state index in [1.54, 1.807) is 18.3 Å². The highest BCUT2D eigenvalue weighted by molar-refractivity contribution is 7.14. The number of hydrogen-bond acceptors (Lipinski definition) is 7. The first-order valence-corrected chi connectivity index (χ1v) is 9.68. The number of hydrogen-bond donors (Lipinski definition) is 1. The first kappa shape index (κ1) is 18.3. The van der Waals surface area contributed by atoms with E-state index in [4.69, 9.17) is 16.1 Å². The molecule has 0 saturated carbocycles. The molecule has 0 fully saturated rings. The molecule has 1 aromatic carbocycles. The molecule has 0 aliphatic heterocycles. The van der Waals surface area contributed by atoms with Gasteiger partial charge in [-0.05, 0) is 36.4 Å². The van der Waals surface area contributed by atoms with Crippen LogP contribution in [-0.2, 0) is 11.2 Å². The molecule has 0 unspecified atom stereocenters. The van der Waals surface area contributed by atoms with Gasteiger partial charge in [0.25, 0.3) is 0 Å². The van der Waals surface area contributed by atoms with Crippen LogP contribution in [0.3, 0.4) is 0 Å². The zero-order chi connectivity index (χ0) is 19.3. The zero-order valence-corrected chi connectivity index (χ0v) is 16.1. The molecule has 0 bridgehead atoms. The van der Waals surface area contributed by atoms with Crippen LogP contribution in [0.25, 0.3) is 22.8 Å². The Labute approximate surface area is 169 Å². The van der Waals surface area contributed by atoms with Gasteiger partial charge in [0.05, 0.1) is 5.69 Å². The van der Waals surface area contributed by atoms with E-state index in [9.17, 15) is 4.79 Å². The van der Waals surface area contributed by atoms with E-state index in [1.807, 2.05) is 35.7 Å². The van der Waals surface area contributed by atoms with Crippen molar-refractivity contribution in [3.8, 4) is 22.8 Å². The van der Waals surface area contributed by atoms with Gasteiger partial charge in [0.2, 0.25) is 17.6 Å². The summed E-state index contributed by atoms with van der Waals surface area (Å²) in [7, 11) is 0. The molecule has 0 aliphatic carbocycles. The summed E-state index contributed by atoms with van der Waals surface area (Å²) in [5.41, 5.74) is 2.29. The number of halogens is 1. The Kier molecular flexibility index (Phi) is 5.41. The maximum Gasteiger partial charge on any atom is 0.227 e. The van der Waals surface area contributed by atoms with Crippen LogP contribution in [0.2, 0.25) is 5.02 Å². The number of aryl methyl sites for hydroxylation is 1. The average Bonchev–Trinajstić information content (AvgIpc) is 3.37. The SMILES string of the molecule is O=C(CCc1nc(-c2ccc(Cl)cc2)no1)Nc1nc(-c2ccccn2)cs1. The topological polar surface area (TPSA) is 93.8 Å². The minimum atomic E-state index is -0.173. The fourth-order valence-electron chi connectivity index (χ4n) is 2.44. The van der Waals surface area contributed by atoms with Gasteiger partial charge >= 0.3 is 0 Å². The maximum atomic E-state index is 12.2. The van der Waals surface area contributed by atoms with E-state index in [-0.39, 0.29) is 12.3 Å². The highest BCUT2D eigenvalue weighted by atomic mass is 35.5. The number of aromatic nitrogens is 4. The molecule has 3 heterocycles. The van der Waals surface area contributed by atoms with Gasteiger partial charge in [0.1, 0.15) is 5.69 Å². The number of pyridine rings is 1. The Morgan fingerprint density at radius 1 is 1.11 bits per heavy atom. The molecule has 7 nitrogen and oxygen atoms in total. The first-order chi connectivity index (χ1) is 13.7. The van der Waals surface area contributed by atoms with Crippen molar-refractivity contribution in [2.24, 2.45) is 0 Å². The number of thiazole rings is 1. The number of carbonyl (C=O) groups excluding carboxylic acids is 1. The van der Waals surface area contributed by atoms with Gasteiger partial charge in [-0.2, -0.15) is 4.98 Å². The molecular formula is C19H14ClN5O2S. The molecule has 4 rings (SSSR count). The van der Waals surface area contributed by atoms with Gasteiger partial charge in [-0.3, -0.25) is 9.78 Å². The van der Waals surface area contributed by atoms with Crippen molar-refractivity contribution in [2.75, 3.05) is 5.32 Å². The third kappa shape index (κ3) is 4.41. The average molecular weight is 412 g/mol. The molecule has 0 atom stereocenters. The lowest BCUT2D eigenvalue weighted by Gasteiger charge is -1.99. The van der Waals surface area contributed by atoms with E-state index in [1.165, 1.54) is 11.3 Å². The lowest BCUT2D eigenvalue weighted by molar-refractivity contribution is -0.116. The maximum absolute atomic E-state index is 12.2. The fraction of sp³-hybridized carbons (Fsp3) is 0.105. The van der Waals surface area contributed by atoms with E-state index >= 15 is 0 Å². The highest BCUT2D eigenvalue weighted by Gasteiger charge is 2.12. The van der Waals surface area contributed by atoms with Gasteiger partial charge in [-0.15, -0.1) is 11.3 Å². The van der Waals surface area contributed by atoms with Crippen LogP contribution in [-0.4, -0.2) is 26.0 Å². The predicted molar refractivity (Wildman–Crippen MR) is 107 cm³/mol. The van der Waals surface area contributed by atoms with Crippen molar-refractivity contribution in [1.82, 2.24) is 20.1 Å². The van der Waals surface area contributed by atoms with Crippen molar-refractivity contribution < 1.29 is 9.32 Å². The van der Waals surface area contributed by atoms with E-state index in [0.29, 0.717) is 28.3 Å². The van der Waals surface area contributed by atoms with Crippen LogP contribution < -0.4 is 5.32 Å².